The molecule has 2 fully saturated rings. The van der Waals surface area contributed by atoms with Crippen LogP contribution in [0.5, 0.6) is 11.5 Å². The number of benzene rings is 2. The van der Waals surface area contributed by atoms with Crippen LogP contribution in [-0.4, -0.2) is 63.6 Å². The minimum Gasteiger partial charge on any atom is -0.457 e. The van der Waals surface area contributed by atoms with E-state index in [2.05, 4.69) is 51.7 Å². The van der Waals surface area contributed by atoms with Crippen LogP contribution in [0.4, 0.5) is 5.82 Å². The van der Waals surface area contributed by atoms with E-state index in [1.54, 1.807) is 6.33 Å². The van der Waals surface area contributed by atoms with Gasteiger partial charge in [-0.2, -0.15) is 0 Å². The fraction of sp³-hybridized carbons (Fsp3) is 0.400. The van der Waals surface area contributed by atoms with Crippen LogP contribution in [0.15, 0.2) is 61.1 Å². The molecule has 7 heteroatoms. The molecule has 2 aromatic heterocycles. The quantitative estimate of drug-likeness (QED) is 0.393. The number of hydrogen-bond donors (Lipinski definition) is 1. The van der Waals surface area contributed by atoms with Gasteiger partial charge in [0, 0.05) is 50.0 Å². The Morgan fingerprint density at radius 3 is 2.30 bits per heavy atom. The number of ether oxygens (including phenoxy) is 1. The third kappa shape index (κ3) is 4.81. The predicted molar refractivity (Wildman–Crippen MR) is 149 cm³/mol. The number of rotatable bonds is 5. The molecular weight excluding hydrogens is 460 g/mol. The van der Waals surface area contributed by atoms with Crippen molar-refractivity contribution in [2.75, 3.05) is 39.0 Å². The fourth-order valence-electron chi connectivity index (χ4n) is 6.11. The molecule has 0 unspecified atom stereocenters. The van der Waals surface area contributed by atoms with Gasteiger partial charge in [-0.05, 0) is 75.0 Å². The maximum atomic E-state index is 6.45. The molecule has 0 amide bonds. The summed E-state index contributed by atoms with van der Waals surface area (Å²) in [5.74, 6) is 2.19. The lowest BCUT2D eigenvalue weighted by molar-refractivity contribution is 0.0828. The Hall–Kier alpha value is -3.42. The molecule has 1 aliphatic carbocycles. The molecular formula is C30H36N6O. The van der Waals surface area contributed by atoms with Crippen molar-refractivity contribution >= 4 is 16.9 Å². The second-order valence-corrected chi connectivity index (χ2v) is 10.6. The number of fused-ring (bicyclic) bond motifs is 1. The Morgan fingerprint density at radius 2 is 1.57 bits per heavy atom. The highest BCUT2D eigenvalue weighted by Crippen LogP contribution is 2.40. The number of hydrogen-bond acceptors (Lipinski definition) is 6. The summed E-state index contributed by atoms with van der Waals surface area (Å²) in [4.78, 5) is 14.2. The van der Waals surface area contributed by atoms with Gasteiger partial charge in [-0.1, -0.05) is 24.3 Å². The molecule has 2 aromatic carbocycles. The lowest BCUT2D eigenvalue weighted by Crippen LogP contribution is -2.49. The Labute approximate surface area is 218 Å². The molecule has 1 saturated carbocycles. The Balaban J connectivity index is 1.27. The average Bonchev–Trinajstić information content (AvgIpc) is 3.31. The molecule has 7 nitrogen and oxygen atoms in total. The molecule has 6 rings (SSSR count). The van der Waals surface area contributed by atoms with E-state index in [1.165, 1.54) is 39.0 Å². The van der Waals surface area contributed by atoms with Gasteiger partial charge in [0.1, 0.15) is 29.3 Å². The summed E-state index contributed by atoms with van der Waals surface area (Å²) in [5.41, 5.74) is 10.8. The highest BCUT2D eigenvalue weighted by atomic mass is 16.5. The molecule has 0 radical (unpaired) electrons. The topological polar surface area (TPSA) is 72.4 Å². The lowest BCUT2D eigenvalue weighted by atomic mass is 9.89. The first-order valence-corrected chi connectivity index (χ1v) is 13.4. The monoisotopic (exact) mass is 496 g/mol. The number of piperazine rings is 1. The normalized spacial score (nSPS) is 21.4. The zero-order valence-corrected chi connectivity index (χ0v) is 21.8. The number of likely N-dealkylation sites (N-methyl/N-ethyl adjacent to an activating group) is 1. The number of aryl methyl sites for hydroxylation is 1. The molecule has 192 valence electrons. The molecule has 3 heterocycles. The predicted octanol–water partition coefficient (Wildman–Crippen LogP) is 5.51. The lowest BCUT2D eigenvalue weighted by Gasteiger charge is -2.41. The minimum atomic E-state index is 0.426. The van der Waals surface area contributed by atoms with E-state index in [9.17, 15) is 0 Å². The minimum absolute atomic E-state index is 0.426. The van der Waals surface area contributed by atoms with E-state index >= 15 is 0 Å². The number of para-hydroxylation sites is 1. The number of nitrogens with two attached hydrogens (primary N) is 1. The zero-order valence-electron chi connectivity index (χ0n) is 21.8. The Morgan fingerprint density at radius 1 is 0.838 bits per heavy atom. The summed E-state index contributed by atoms with van der Waals surface area (Å²) in [5, 5.41) is 0.948. The second-order valence-electron chi connectivity index (χ2n) is 10.6. The van der Waals surface area contributed by atoms with Gasteiger partial charge in [-0.25, -0.2) is 9.97 Å². The molecule has 2 N–H and O–H groups in total. The van der Waals surface area contributed by atoms with Crippen molar-refractivity contribution in [3.05, 3.63) is 66.6 Å². The summed E-state index contributed by atoms with van der Waals surface area (Å²) in [6, 6.07) is 17.2. The summed E-state index contributed by atoms with van der Waals surface area (Å²) in [6.45, 7) is 6.86. The highest BCUT2D eigenvalue weighted by Gasteiger charge is 2.30. The molecule has 0 atom stereocenters. The molecule has 0 spiro atoms. The highest BCUT2D eigenvalue weighted by molar-refractivity contribution is 6.01. The van der Waals surface area contributed by atoms with Gasteiger partial charge in [0.15, 0.2) is 0 Å². The van der Waals surface area contributed by atoms with E-state index in [0.717, 1.165) is 52.1 Å². The van der Waals surface area contributed by atoms with E-state index in [-0.39, 0.29) is 0 Å². The van der Waals surface area contributed by atoms with Gasteiger partial charge < -0.3 is 19.9 Å². The number of aromatic nitrogens is 3. The summed E-state index contributed by atoms with van der Waals surface area (Å²) < 4.78 is 8.44. The van der Waals surface area contributed by atoms with Gasteiger partial charge in [0.25, 0.3) is 0 Å². The van der Waals surface area contributed by atoms with E-state index in [1.807, 2.05) is 36.4 Å². The van der Waals surface area contributed by atoms with Crippen molar-refractivity contribution in [2.45, 2.75) is 44.7 Å². The van der Waals surface area contributed by atoms with Gasteiger partial charge in [-0.15, -0.1) is 0 Å². The Kier molecular flexibility index (Phi) is 6.57. The van der Waals surface area contributed by atoms with Crippen molar-refractivity contribution < 1.29 is 4.74 Å². The van der Waals surface area contributed by atoms with Crippen LogP contribution < -0.4 is 10.5 Å². The van der Waals surface area contributed by atoms with Crippen molar-refractivity contribution in [2.24, 2.45) is 0 Å². The SMILES string of the molecule is Cc1cc(Oc2ccccc2)ccc1-c1cn([C@H]2CC[C@H](N3CCN(C)CC3)CC2)c2ncnc(N)c12. The third-order valence-electron chi connectivity index (χ3n) is 8.22. The first-order chi connectivity index (χ1) is 18.1. The maximum Gasteiger partial charge on any atom is 0.146 e. The van der Waals surface area contributed by atoms with E-state index in [0.29, 0.717) is 17.9 Å². The number of anilines is 1. The van der Waals surface area contributed by atoms with Crippen molar-refractivity contribution in [3.8, 4) is 22.6 Å². The maximum absolute atomic E-state index is 6.45. The number of nitrogens with zero attached hydrogens (tertiary/aromatic N) is 5. The van der Waals surface area contributed by atoms with E-state index in [4.69, 9.17) is 15.5 Å². The van der Waals surface area contributed by atoms with Crippen LogP contribution in [0.25, 0.3) is 22.2 Å². The molecule has 2 aliphatic rings. The van der Waals surface area contributed by atoms with Crippen LogP contribution in [-0.2, 0) is 0 Å². The first-order valence-electron chi connectivity index (χ1n) is 13.4. The van der Waals surface area contributed by atoms with Crippen molar-refractivity contribution in [1.82, 2.24) is 24.3 Å². The summed E-state index contributed by atoms with van der Waals surface area (Å²) in [7, 11) is 2.22. The van der Waals surface area contributed by atoms with Gasteiger partial charge in [-0.3, -0.25) is 4.90 Å². The standard InChI is InChI=1S/C30H36N6O/c1-21-18-25(37-24-6-4-3-5-7-24)12-13-26(21)27-19-36(30-28(27)29(31)32-20-33-30)23-10-8-22(9-11-23)35-16-14-34(2)15-17-35/h3-7,12-13,18-20,22-23H,8-11,14-17H2,1-2H3,(H2,31,32,33)/t22-,23-. The average molecular weight is 497 g/mol. The largest absolute Gasteiger partial charge is 0.457 e. The van der Waals surface area contributed by atoms with Crippen LogP contribution in [0.3, 0.4) is 0 Å². The van der Waals surface area contributed by atoms with E-state index < -0.39 is 0 Å². The summed E-state index contributed by atoms with van der Waals surface area (Å²) in [6.07, 6.45) is 8.64. The third-order valence-corrected chi connectivity index (χ3v) is 8.22. The zero-order chi connectivity index (χ0) is 25.4. The molecule has 1 saturated heterocycles. The van der Waals surface area contributed by atoms with Crippen LogP contribution in [0, 0.1) is 6.92 Å². The number of nitrogen functional groups attached to an aromatic ring is 1. The molecule has 0 bridgehead atoms. The molecule has 4 aromatic rings. The van der Waals surface area contributed by atoms with Crippen LogP contribution in [0.2, 0.25) is 0 Å². The molecule has 37 heavy (non-hydrogen) atoms. The van der Waals surface area contributed by atoms with Crippen molar-refractivity contribution in [1.29, 1.82) is 0 Å². The van der Waals surface area contributed by atoms with Gasteiger partial charge >= 0.3 is 0 Å². The van der Waals surface area contributed by atoms with Gasteiger partial charge in [0.2, 0.25) is 0 Å². The molecule has 1 aliphatic heterocycles. The second kappa shape index (κ2) is 10.1. The Bertz CT molecular complexity index is 1370. The van der Waals surface area contributed by atoms with Gasteiger partial charge in [0.05, 0.1) is 5.39 Å². The van der Waals surface area contributed by atoms with Crippen molar-refractivity contribution in [3.63, 3.8) is 0 Å². The smallest absolute Gasteiger partial charge is 0.146 e. The van der Waals surface area contributed by atoms with Crippen LogP contribution in [0.1, 0.15) is 37.3 Å². The summed E-state index contributed by atoms with van der Waals surface area (Å²) >= 11 is 0. The van der Waals surface area contributed by atoms with Crippen LogP contribution >= 0.6 is 0 Å². The first kappa shape index (κ1) is 23.9. The fourth-order valence-corrected chi connectivity index (χ4v) is 6.11.